The molecule has 1 aromatic carbocycles. The van der Waals surface area contributed by atoms with E-state index in [1.165, 1.54) is 23.5 Å². The molecule has 0 bridgehead atoms. The number of carbonyl (C=O) groups is 2. The number of halogens is 1. The normalized spacial score (nSPS) is 17.4. The first-order valence-corrected chi connectivity index (χ1v) is 11.1. The molecule has 0 aliphatic carbocycles. The van der Waals surface area contributed by atoms with Gasteiger partial charge in [0.25, 0.3) is 0 Å². The SMILES string of the molecule is O=C(CN1CCC[C@@H]1C(=O)NCc1ccco1)N[C@H](c1ccc(F)cc1)c1cccs1. The van der Waals surface area contributed by atoms with Gasteiger partial charge in [-0.05, 0) is 60.7 Å². The van der Waals surface area contributed by atoms with E-state index in [0.29, 0.717) is 25.3 Å². The smallest absolute Gasteiger partial charge is 0.237 e. The molecule has 0 saturated carbocycles. The molecule has 2 aromatic heterocycles. The zero-order valence-electron chi connectivity index (χ0n) is 16.9. The quantitative estimate of drug-likeness (QED) is 0.561. The van der Waals surface area contributed by atoms with Crippen molar-refractivity contribution in [3.05, 3.63) is 82.2 Å². The van der Waals surface area contributed by atoms with Crippen molar-refractivity contribution < 1.29 is 18.4 Å². The number of amides is 2. The lowest BCUT2D eigenvalue weighted by Crippen LogP contribution is -2.47. The van der Waals surface area contributed by atoms with Gasteiger partial charge in [0.2, 0.25) is 11.8 Å². The minimum Gasteiger partial charge on any atom is -0.467 e. The van der Waals surface area contributed by atoms with Crippen molar-refractivity contribution in [2.75, 3.05) is 13.1 Å². The molecule has 2 N–H and O–H groups in total. The zero-order valence-corrected chi connectivity index (χ0v) is 17.7. The van der Waals surface area contributed by atoms with Crippen LogP contribution in [0.4, 0.5) is 4.39 Å². The summed E-state index contributed by atoms with van der Waals surface area (Å²) in [6.45, 7) is 1.14. The van der Waals surface area contributed by atoms with Crippen LogP contribution in [0.1, 0.15) is 35.1 Å². The molecule has 6 nitrogen and oxygen atoms in total. The van der Waals surface area contributed by atoms with E-state index < -0.39 is 0 Å². The standard InChI is InChI=1S/C23H24FN3O3S/c24-17-9-7-16(8-10-17)22(20-6-3-13-31-20)26-21(28)15-27-11-1-5-19(27)23(29)25-14-18-4-2-12-30-18/h2-4,6-10,12-13,19,22H,1,5,11,14-15H2,(H,25,29)(H,26,28)/t19-,22-/m1/s1. The van der Waals surface area contributed by atoms with E-state index >= 15 is 0 Å². The maximum absolute atomic E-state index is 13.4. The Bertz CT molecular complexity index is 990. The highest BCUT2D eigenvalue weighted by molar-refractivity contribution is 7.10. The van der Waals surface area contributed by atoms with E-state index in [1.54, 1.807) is 30.5 Å². The molecule has 31 heavy (non-hydrogen) atoms. The maximum atomic E-state index is 13.4. The van der Waals surface area contributed by atoms with Gasteiger partial charge in [-0.25, -0.2) is 4.39 Å². The lowest BCUT2D eigenvalue weighted by atomic mass is 10.1. The van der Waals surface area contributed by atoms with Crippen LogP contribution < -0.4 is 10.6 Å². The lowest BCUT2D eigenvalue weighted by Gasteiger charge is -2.25. The molecule has 1 fully saturated rings. The number of hydrogen-bond donors (Lipinski definition) is 2. The molecule has 1 saturated heterocycles. The van der Waals surface area contributed by atoms with Crippen LogP contribution in [0.15, 0.2) is 64.6 Å². The van der Waals surface area contributed by atoms with Crippen molar-refractivity contribution in [2.24, 2.45) is 0 Å². The van der Waals surface area contributed by atoms with E-state index in [-0.39, 0.29) is 36.3 Å². The molecule has 3 heterocycles. The number of carbonyl (C=O) groups excluding carboxylic acids is 2. The molecule has 3 aromatic rings. The van der Waals surface area contributed by atoms with Gasteiger partial charge in [0.15, 0.2) is 0 Å². The van der Waals surface area contributed by atoms with Gasteiger partial charge in [-0.3, -0.25) is 14.5 Å². The minimum absolute atomic E-state index is 0.102. The largest absolute Gasteiger partial charge is 0.467 e. The fraction of sp³-hybridized carbons (Fsp3) is 0.304. The van der Waals surface area contributed by atoms with Crippen molar-refractivity contribution in [3.63, 3.8) is 0 Å². The number of nitrogens with zero attached hydrogens (tertiary/aromatic N) is 1. The molecule has 1 aliphatic heterocycles. The van der Waals surface area contributed by atoms with Crippen molar-refractivity contribution >= 4 is 23.2 Å². The second-order valence-electron chi connectivity index (χ2n) is 7.49. The van der Waals surface area contributed by atoms with E-state index in [1.807, 2.05) is 22.4 Å². The van der Waals surface area contributed by atoms with E-state index in [4.69, 9.17) is 4.42 Å². The minimum atomic E-state index is -0.359. The van der Waals surface area contributed by atoms with Crippen LogP contribution in [0.2, 0.25) is 0 Å². The summed E-state index contributed by atoms with van der Waals surface area (Å²) in [5.41, 5.74) is 0.811. The molecule has 0 radical (unpaired) electrons. The van der Waals surface area contributed by atoms with Crippen LogP contribution in [0, 0.1) is 5.82 Å². The Hall–Kier alpha value is -2.97. The molecule has 0 spiro atoms. The summed E-state index contributed by atoms with van der Waals surface area (Å²) in [6, 6.07) is 12.9. The average Bonchev–Trinajstić information content (AvgIpc) is 3.54. The topological polar surface area (TPSA) is 74.6 Å². The average molecular weight is 442 g/mol. The van der Waals surface area contributed by atoms with Crippen LogP contribution in [-0.4, -0.2) is 35.8 Å². The van der Waals surface area contributed by atoms with Gasteiger partial charge in [-0.2, -0.15) is 0 Å². The summed E-state index contributed by atoms with van der Waals surface area (Å²) in [5.74, 6) is 0.0951. The second kappa shape index (κ2) is 9.89. The molecule has 2 atom stereocenters. The van der Waals surface area contributed by atoms with Gasteiger partial charge in [0.05, 0.1) is 31.4 Å². The molecule has 8 heteroatoms. The van der Waals surface area contributed by atoms with Gasteiger partial charge in [-0.1, -0.05) is 18.2 Å². The Morgan fingerprint density at radius 1 is 1.19 bits per heavy atom. The summed E-state index contributed by atoms with van der Waals surface area (Å²) in [7, 11) is 0. The third-order valence-electron chi connectivity index (χ3n) is 5.37. The number of thiophene rings is 1. The molecule has 2 amide bonds. The fourth-order valence-electron chi connectivity index (χ4n) is 3.84. The summed E-state index contributed by atoms with van der Waals surface area (Å²) < 4.78 is 18.6. The van der Waals surface area contributed by atoms with Crippen molar-refractivity contribution in [2.45, 2.75) is 31.5 Å². The number of furan rings is 1. The van der Waals surface area contributed by atoms with Crippen molar-refractivity contribution in [3.8, 4) is 0 Å². The molecule has 162 valence electrons. The number of likely N-dealkylation sites (tertiary alicyclic amines) is 1. The number of hydrogen-bond acceptors (Lipinski definition) is 5. The van der Waals surface area contributed by atoms with Crippen LogP contribution in [0.5, 0.6) is 0 Å². The third kappa shape index (κ3) is 5.39. The summed E-state index contributed by atoms with van der Waals surface area (Å²) in [6.07, 6.45) is 3.14. The predicted molar refractivity (Wildman–Crippen MR) is 116 cm³/mol. The zero-order chi connectivity index (χ0) is 21.6. The number of benzene rings is 1. The highest BCUT2D eigenvalue weighted by atomic mass is 32.1. The Labute approximate surface area is 184 Å². The molecule has 0 unspecified atom stereocenters. The van der Waals surface area contributed by atoms with Gasteiger partial charge < -0.3 is 15.1 Å². The first-order chi connectivity index (χ1) is 15.1. The number of nitrogens with one attached hydrogen (secondary N) is 2. The lowest BCUT2D eigenvalue weighted by molar-refractivity contribution is -0.128. The summed E-state index contributed by atoms with van der Waals surface area (Å²) in [5, 5.41) is 7.88. The Kier molecular flexibility index (Phi) is 6.79. The van der Waals surface area contributed by atoms with E-state index in [9.17, 15) is 14.0 Å². The van der Waals surface area contributed by atoms with Gasteiger partial charge in [-0.15, -0.1) is 11.3 Å². The van der Waals surface area contributed by atoms with Crippen molar-refractivity contribution in [1.82, 2.24) is 15.5 Å². The van der Waals surface area contributed by atoms with Crippen LogP contribution in [-0.2, 0) is 16.1 Å². The Morgan fingerprint density at radius 3 is 2.74 bits per heavy atom. The van der Waals surface area contributed by atoms with Gasteiger partial charge in [0, 0.05) is 4.88 Å². The Morgan fingerprint density at radius 2 is 2.03 bits per heavy atom. The highest BCUT2D eigenvalue weighted by Crippen LogP contribution is 2.26. The first kappa shape index (κ1) is 21.3. The van der Waals surface area contributed by atoms with Gasteiger partial charge >= 0.3 is 0 Å². The Balaban J connectivity index is 1.38. The molecule has 1 aliphatic rings. The first-order valence-electron chi connectivity index (χ1n) is 10.2. The highest BCUT2D eigenvalue weighted by Gasteiger charge is 2.32. The third-order valence-corrected chi connectivity index (χ3v) is 6.30. The maximum Gasteiger partial charge on any atom is 0.237 e. The van der Waals surface area contributed by atoms with Crippen LogP contribution in [0.25, 0.3) is 0 Å². The van der Waals surface area contributed by atoms with Crippen LogP contribution in [0.3, 0.4) is 0 Å². The molecule has 4 rings (SSSR count). The number of rotatable bonds is 8. The predicted octanol–water partition coefficient (Wildman–Crippen LogP) is 3.47. The molecular formula is C23H24FN3O3S. The fourth-order valence-corrected chi connectivity index (χ4v) is 4.64. The summed E-state index contributed by atoms with van der Waals surface area (Å²) >= 11 is 1.53. The van der Waals surface area contributed by atoms with E-state index in [2.05, 4.69) is 10.6 Å². The second-order valence-corrected chi connectivity index (χ2v) is 8.47. The van der Waals surface area contributed by atoms with Crippen LogP contribution >= 0.6 is 11.3 Å². The van der Waals surface area contributed by atoms with Gasteiger partial charge in [0.1, 0.15) is 11.6 Å². The summed E-state index contributed by atoms with van der Waals surface area (Å²) in [4.78, 5) is 28.4. The van der Waals surface area contributed by atoms with E-state index in [0.717, 1.165) is 16.9 Å². The monoisotopic (exact) mass is 441 g/mol. The van der Waals surface area contributed by atoms with Crippen molar-refractivity contribution in [1.29, 1.82) is 0 Å². The molecular weight excluding hydrogens is 417 g/mol.